The van der Waals surface area contributed by atoms with E-state index in [0.29, 0.717) is 30.0 Å². The SMILES string of the molecule is CCOc1ccc(-c2cc(C(=O)NCC3CC4(C3)CN(Cc3ccc(F)cc3)C4)c3ccccc3n2)cc1. The molecule has 1 aliphatic heterocycles. The van der Waals surface area contributed by atoms with E-state index in [1.165, 1.54) is 12.1 Å². The zero-order valence-electron chi connectivity index (χ0n) is 21.6. The molecule has 38 heavy (non-hydrogen) atoms. The van der Waals surface area contributed by atoms with Crippen LogP contribution >= 0.6 is 0 Å². The van der Waals surface area contributed by atoms with Crippen LogP contribution in [0.15, 0.2) is 78.9 Å². The molecule has 0 unspecified atom stereocenters. The Morgan fingerprint density at radius 1 is 1.05 bits per heavy atom. The van der Waals surface area contributed by atoms with Gasteiger partial charge in [-0.05, 0) is 85.2 Å². The number of pyridine rings is 1. The van der Waals surface area contributed by atoms with E-state index in [0.717, 1.165) is 65.9 Å². The van der Waals surface area contributed by atoms with Gasteiger partial charge in [-0.1, -0.05) is 30.3 Å². The molecule has 194 valence electrons. The number of hydrogen-bond acceptors (Lipinski definition) is 4. The van der Waals surface area contributed by atoms with Gasteiger partial charge in [-0.25, -0.2) is 9.37 Å². The van der Waals surface area contributed by atoms with Crippen LogP contribution in [-0.4, -0.2) is 42.0 Å². The van der Waals surface area contributed by atoms with Gasteiger partial charge < -0.3 is 10.1 Å². The number of likely N-dealkylation sites (tertiary alicyclic amines) is 1. The van der Waals surface area contributed by atoms with Crippen LogP contribution in [0.3, 0.4) is 0 Å². The number of rotatable bonds is 8. The predicted octanol–water partition coefficient (Wildman–Crippen LogP) is 6.08. The third kappa shape index (κ3) is 5.01. The van der Waals surface area contributed by atoms with Crippen molar-refractivity contribution in [2.45, 2.75) is 26.3 Å². The Bertz CT molecular complexity index is 1440. The van der Waals surface area contributed by atoms with Crippen molar-refractivity contribution in [2.75, 3.05) is 26.2 Å². The molecule has 1 aliphatic carbocycles. The van der Waals surface area contributed by atoms with E-state index in [9.17, 15) is 9.18 Å². The van der Waals surface area contributed by atoms with Crippen LogP contribution in [0.25, 0.3) is 22.2 Å². The molecule has 1 amide bonds. The maximum Gasteiger partial charge on any atom is 0.252 e. The number of carbonyl (C=O) groups excluding carboxylic acids is 1. The van der Waals surface area contributed by atoms with Crippen molar-refractivity contribution >= 4 is 16.8 Å². The van der Waals surface area contributed by atoms with Crippen molar-refractivity contribution in [1.82, 2.24) is 15.2 Å². The average molecular weight is 510 g/mol. The summed E-state index contributed by atoms with van der Waals surface area (Å²) in [7, 11) is 0. The third-order valence-electron chi connectivity index (χ3n) is 7.85. The molecule has 6 heteroatoms. The second-order valence-electron chi connectivity index (χ2n) is 10.8. The molecule has 1 saturated heterocycles. The Morgan fingerprint density at radius 3 is 2.53 bits per heavy atom. The van der Waals surface area contributed by atoms with E-state index in [-0.39, 0.29) is 11.7 Å². The number of nitrogens with one attached hydrogen (secondary N) is 1. The highest BCUT2D eigenvalue weighted by Gasteiger charge is 2.51. The van der Waals surface area contributed by atoms with Crippen LogP contribution in [0.1, 0.15) is 35.7 Å². The molecule has 1 saturated carbocycles. The van der Waals surface area contributed by atoms with Crippen LogP contribution in [0.2, 0.25) is 0 Å². The lowest BCUT2D eigenvalue weighted by atomic mass is 9.57. The summed E-state index contributed by atoms with van der Waals surface area (Å²) in [6, 6.07) is 24.3. The highest BCUT2D eigenvalue weighted by molar-refractivity contribution is 6.07. The summed E-state index contributed by atoms with van der Waals surface area (Å²) in [6.07, 6.45) is 2.28. The fourth-order valence-corrected chi connectivity index (χ4v) is 6.16. The average Bonchev–Trinajstić information content (AvgIpc) is 2.89. The van der Waals surface area contributed by atoms with E-state index >= 15 is 0 Å². The molecule has 2 heterocycles. The smallest absolute Gasteiger partial charge is 0.252 e. The summed E-state index contributed by atoms with van der Waals surface area (Å²) < 4.78 is 18.7. The Hall–Kier alpha value is -3.77. The maximum absolute atomic E-state index is 13.4. The number of benzene rings is 3. The van der Waals surface area contributed by atoms with E-state index in [2.05, 4.69) is 10.2 Å². The second kappa shape index (κ2) is 10.2. The first kappa shape index (κ1) is 24.6. The fourth-order valence-electron chi connectivity index (χ4n) is 6.16. The first-order valence-electron chi connectivity index (χ1n) is 13.4. The lowest BCUT2D eigenvalue weighted by molar-refractivity contribution is -0.0967. The van der Waals surface area contributed by atoms with Crippen molar-refractivity contribution in [1.29, 1.82) is 0 Å². The van der Waals surface area contributed by atoms with Gasteiger partial charge in [0, 0.05) is 37.1 Å². The third-order valence-corrected chi connectivity index (χ3v) is 7.85. The molecule has 1 aromatic heterocycles. The Kier molecular flexibility index (Phi) is 6.58. The monoisotopic (exact) mass is 509 g/mol. The van der Waals surface area contributed by atoms with Crippen LogP contribution in [0, 0.1) is 17.2 Å². The van der Waals surface area contributed by atoms with Crippen LogP contribution in [0.4, 0.5) is 4.39 Å². The number of hydrogen-bond donors (Lipinski definition) is 1. The maximum atomic E-state index is 13.4. The number of ether oxygens (including phenoxy) is 1. The summed E-state index contributed by atoms with van der Waals surface area (Å²) in [5.74, 6) is 1.08. The largest absolute Gasteiger partial charge is 0.494 e. The molecule has 3 aromatic carbocycles. The van der Waals surface area contributed by atoms with Crippen molar-refractivity contribution in [2.24, 2.45) is 11.3 Å². The fraction of sp³-hybridized carbons (Fsp3) is 0.312. The summed E-state index contributed by atoms with van der Waals surface area (Å²) in [6.45, 7) is 6.30. The Balaban J connectivity index is 1.07. The molecule has 2 aliphatic rings. The van der Waals surface area contributed by atoms with Crippen molar-refractivity contribution in [3.63, 3.8) is 0 Å². The normalized spacial score (nSPS) is 16.7. The molecule has 0 bridgehead atoms. The minimum Gasteiger partial charge on any atom is -0.494 e. The number of aromatic nitrogens is 1. The molecule has 4 aromatic rings. The number of para-hydroxylation sites is 1. The number of amides is 1. The van der Waals surface area contributed by atoms with E-state index in [1.807, 2.05) is 73.7 Å². The second-order valence-corrected chi connectivity index (χ2v) is 10.8. The molecule has 2 fully saturated rings. The zero-order valence-corrected chi connectivity index (χ0v) is 21.6. The van der Waals surface area contributed by atoms with Gasteiger partial charge in [0.1, 0.15) is 11.6 Å². The summed E-state index contributed by atoms with van der Waals surface area (Å²) in [4.78, 5) is 20.6. The van der Waals surface area contributed by atoms with Crippen LogP contribution in [0.5, 0.6) is 5.75 Å². The minimum atomic E-state index is -0.190. The number of nitrogens with zero attached hydrogens (tertiary/aromatic N) is 2. The minimum absolute atomic E-state index is 0.0525. The summed E-state index contributed by atoms with van der Waals surface area (Å²) in [5, 5.41) is 4.07. The molecule has 1 spiro atoms. The van der Waals surface area contributed by atoms with E-state index < -0.39 is 0 Å². The van der Waals surface area contributed by atoms with Gasteiger partial charge >= 0.3 is 0 Å². The zero-order chi connectivity index (χ0) is 26.1. The van der Waals surface area contributed by atoms with Gasteiger partial charge in [0.25, 0.3) is 5.91 Å². The van der Waals surface area contributed by atoms with Crippen molar-refractivity contribution < 1.29 is 13.9 Å². The van der Waals surface area contributed by atoms with E-state index in [1.54, 1.807) is 0 Å². The summed E-state index contributed by atoms with van der Waals surface area (Å²) in [5.41, 5.74) is 4.72. The summed E-state index contributed by atoms with van der Waals surface area (Å²) >= 11 is 0. The molecule has 0 radical (unpaired) electrons. The number of halogens is 1. The topological polar surface area (TPSA) is 54.5 Å². The molecular formula is C32H32FN3O2. The van der Waals surface area contributed by atoms with Crippen LogP contribution < -0.4 is 10.1 Å². The molecular weight excluding hydrogens is 477 g/mol. The predicted molar refractivity (Wildman–Crippen MR) is 148 cm³/mol. The van der Waals surface area contributed by atoms with E-state index in [4.69, 9.17) is 9.72 Å². The molecule has 1 N–H and O–H groups in total. The van der Waals surface area contributed by atoms with Crippen LogP contribution in [-0.2, 0) is 6.54 Å². The van der Waals surface area contributed by atoms with Gasteiger partial charge in [-0.15, -0.1) is 0 Å². The highest BCUT2D eigenvalue weighted by atomic mass is 19.1. The standard InChI is InChI=1S/C32H32FN3O2/c1-2-38-26-13-9-24(10-14-26)30-15-28(27-5-3-4-6-29(27)35-30)31(37)34-18-23-16-32(17-23)20-36(21-32)19-22-7-11-25(33)12-8-22/h3-15,23H,2,16-21H2,1H3,(H,34,37). The van der Waals surface area contributed by atoms with Gasteiger partial charge in [-0.3, -0.25) is 9.69 Å². The Labute approximate surface area is 222 Å². The molecule has 6 rings (SSSR count). The Morgan fingerprint density at radius 2 is 1.79 bits per heavy atom. The first-order valence-corrected chi connectivity index (χ1v) is 13.4. The van der Waals surface area contributed by atoms with Crippen molar-refractivity contribution in [3.05, 3.63) is 95.8 Å². The quantitative estimate of drug-likeness (QED) is 0.313. The number of carbonyl (C=O) groups is 1. The number of fused-ring (bicyclic) bond motifs is 1. The van der Waals surface area contributed by atoms with Crippen molar-refractivity contribution in [3.8, 4) is 17.0 Å². The van der Waals surface area contributed by atoms with Gasteiger partial charge in [0.15, 0.2) is 0 Å². The molecule has 5 nitrogen and oxygen atoms in total. The van der Waals surface area contributed by atoms with Gasteiger partial charge in [0.05, 0.1) is 23.4 Å². The lowest BCUT2D eigenvalue weighted by Crippen LogP contribution is -2.62. The highest BCUT2D eigenvalue weighted by Crippen LogP contribution is 2.52. The molecule has 0 atom stereocenters. The van der Waals surface area contributed by atoms with Gasteiger partial charge in [-0.2, -0.15) is 0 Å². The van der Waals surface area contributed by atoms with Gasteiger partial charge in [0.2, 0.25) is 0 Å². The lowest BCUT2D eigenvalue weighted by Gasteiger charge is -2.59. The first-order chi connectivity index (χ1) is 18.5.